The maximum Gasteiger partial charge on any atom is 0.00965 e. The zero-order valence-electron chi connectivity index (χ0n) is 11.6. The molecule has 0 aromatic carbocycles. The van der Waals surface area contributed by atoms with Crippen molar-refractivity contribution in [3.63, 3.8) is 0 Å². The molecule has 0 heterocycles. The highest BCUT2D eigenvalue weighted by Gasteiger charge is 2.08. The smallest absolute Gasteiger partial charge is 0.00965 e. The number of rotatable bonds is 7. The molecule has 0 aliphatic heterocycles. The number of hydrogen-bond acceptors (Lipinski definition) is 2. The predicted molar refractivity (Wildman–Crippen MR) is 69.3 cm³/mol. The Balaban J connectivity index is 3.43. The van der Waals surface area contributed by atoms with Crippen molar-refractivity contribution in [3.05, 3.63) is 0 Å². The lowest BCUT2D eigenvalue weighted by Crippen LogP contribution is -2.37. The minimum atomic E-state index is 0.259. The van der Waals surface area contributed by atoms with Crippen LogP contribution in [-0.4, -0.2) is 37.1 Å². The van der Waals surface area contributed by atoms with Crippen molar-refractivity contribution in [1.82, 2.24) is 10.2 Å². The van der Waals surface area contributed by atoms with E-state index in [-0.39, 0.29) is 5.54 Å². The molecule has 92 valence electrons. The summed E-state index contributed by atoms with van der Waals surface area (Å²) in [5.74, 6) is 0.825. The summed E-state index contributed by atoms with van der Waals surface area (Å²) in [4.78, 5) is 2.44. The summed E-state index contributed by atoms with van der Waals surface area (Å²) < 4.78 is 0. The van der Waals surface area contributed by atoms with Gasteiger partial charge in [-0.3, -0.25) is 0 Å². The fourth-order valence-electron chi connectivity index (χ4n) is 1.56. The van der Waals surface area contributed by atoms with Crippen LogP contribution < -0.4 is 5.32 Å². The molecule has 0 spiro atoms. The second-order valence-electron chi connectivity index (χ2n) is 5.81. The standard InChI is InChI=1S/C13H30N2/c1-7-12(2)11-15(6)10-8-9-14-13(3,4)5/h12,14H,7-11H2,1-6H3. The van der Waals surface area contributed by atoms with Gasteiger partial charge in [0.1, 0.15) is 0 Å². The molecule has 0 aromatic heterocycles. The topological polar surface area (TPSA) is 15.3 Å². The van der Waals surface area contributed by atoms with Crippen LogP contribution in [0.25, 0.3) is 0 Å². The molecule has 1 atom stereocenters. The van der Waals surface area contributed by atoms with Crippen molar-refractivity contribution in [1.29, 1.82) is 0 Å². The summed E-state index contributed by atoms with van der Waals surface area (Å²) in [6.45, 7) is 14.8. The van der Waals surface area contributed by atoms with Gasteiger partial charge in [-0.1, -0.05) is 20.3 Å². The Kier molecular flexibility index (Phi) is 7.20. The Labute approximate surface area is 96.4 Å². The molecule has 0 amide bonds. The van der Waals surface area contributed by atoms with Crippen molar-refractivity contribution in [2.75, 3.05) is 26.7 Å². The zero-order valence-corrected chi connectivity index (χ0v) is 11.6. The summed E-state index contributed by atoms with van der Waals surface area (Å²) in [5, 5.41) is 3.52. The summed E-state index contributed by atoms with van der Waals surface area (Å²) in [5.41, 5.74) is 0.259. The molecule has 0 saturated heterocycles. The molecule has 0 fully saturated rings. The lowest BCUT2D eigenvalue weighted by Gasteiger charge is -2.23. The summed E-state index contributed by atoms with van der Waals surface area (Å²) in [6.07, 6.45) is 2.52. The minimum absolute atomic E-state index is 0.259. The van der Waals surface area contributed by atoms with Gasteiger partial charge < -0.3 is 10.2 Å². The first-order valence-corrected chi connectivity index (χ1v) is 6.28. The predicted octanol–water partition coefficient (Wildman–Crippen LogP) is 2.74. The number of nitrogens with one attached hydrogen (secondary N) is 1. The van der Waals surface area contributed by atoms with Crippen molar-refractivity contribution < 1.29 is 0 Å². The fraction of sp³-hybridized carbons (Fsp3) is 1.00. The molecule has 0 radical (unpaired) electrons. The minimum Gasteiger partial charge on any atom is -0.312 e. The van der Waals surface area contributed by atoms with E-state index in [4.69, 9.17) is 0 Å². The fourth-order valence-corrected chi connectivity index (χ4v) is 1.56. The van der Waals surface area contributed by atoms with Crippen molar-refractivity contribution >= 4 is 0 Å². The van der Waals surface area contributed by atoms with Gasteiger partial charge in [-0.05, 0) is 53.2 Å². The van der Waals surface area contributed by atoms with Crippen molar-refractivity contribution in [2.45, 2.75) is 53.0 Å². The van der Waals surface area contributed by atoms with Gasteiger partial charge in [-0.15, -0.1) is 0 Å². The molecule has 1 N–H and O–H groups in total. The van der Waals surface area contributed by atoms with Crippen LogP contribution in [0, 0.1) is 5.92 Å². The van der Waals surface area contributed by atoms with E-state index in [0.717, 1.165) is 12.5 Å². The van der Waals surface area contributed by atoms with Crippen LogP contribution in [-0.2, 0) is 0 Å². The maximum atomic E-state index is 3.52. The van der Waals surface area contributed by atoms with Crippen LogP contribution >= 0.6 is 0 Å². The van der Waals surface area contributed by atoms with Crippen LogP contribution in [0.3, 0.4) is 0 Å². The zero-order chi connectivity index (χ0) is 11.9. The van der Waals surface area contributed by atoms with Crippen molar-refractivity contribution in [3.8, 4) is 0 Å². The number of hydrogen-bond donors (Lipinski definition) is 1. The van der Waals surface area contributed by atoms with Crippen LogP contribution in [0.2, 0.25) is 0 Å². The van der Waals surface area contributed by atoms with E-state index in [9.17, 15) is 0 Å². The maximum absolute atomic E-state index is 3.52. The first-order chi connectivity index (χ1) is 6.85. The molecule has 0 rings (SSSR count). The molecule has 0 aromatic rings. The van der Waals surface area contributed by atoms with Crippen LogP contribution in [0.1, 0.15) is 47.5 Å². The monoisotopic (exact) mass is 214 g/mol. The molecule has 0 aliphatic carbocycles. The molecule has 2 nitrogen and oxygen atoms in total. The second kappa shape index (κ2) is 7.24. The van der Waals surface area contributed by atoms with Gasteiger partial charge in [-0.2, -0.15) is 0 Å². The van der Waals surface area contributed by atoms with Gasteiger partial charge in [0, 0.05) is 12.1 Å². The molecule has 0 saturated carbocycles. The van der Waals surface area contributed by atoms with Gasteiger partial charge >= 0.3 is 0 Å². The summed E-state index contributed by atoms with van der Waals surface area (Å²) in [7, 11) is 2.23. The van der Waals surface area contributed by atoms with Gasteiger partial charge in [0.2, 0.25) is 0 Å². The molecule has 0 aliphatic rings. The molecular formula is C13H30N2. The number of nitrogens with zero attached hydrogens (tertiary/aromatic N) is 1. The Bertz CT molecular complexity index is 149. The van der Waals surface area contributed by atoms with Crippen LogP contribution in [0.15, 0.2) is 0 Å². The Morgan fingerprint density at radius 2 is 1.87 bits per heavy atom. The molecule has 2 heteroatoms. The summed E-state index contributed by atoms with van der Waals surface area (Å²) in [6, 6.07) is 0. The largest absolute Gasteiger partial charge is 0.312 e. The molecule has 0 bridgehead atoms. The Morgan fingerprint density at radius 3 is 2.33 bits per heavy atom. The van der Waals surface area contributed by atoms with E-state index in [1.165, 1.54) is 25.9 Å². The Morgan fingerprint density at radius 1 is 1.27 bits per heavy atom. The van der Waals surface area contributed by atoms with E-state index in [1.54, 1.807) is 0 Å². The van der Waals surface area contributed by atoms with E-state index in [0.29, 0.717) is 0 Å². The first kappa shape index (κ1) is 14.9. The average Bonchev–Trinajstić information content (AvgIpc) is 2.11. The average molecular weight is 214 g/mol. The molecule has 15 heavy (non-hydrogen) atoms. The van der Waals surface area contributed by atoms with E-state index < -0.39 is 0 Å². The normalized spacial score (nSPS) is 14.6. The highest BCUT2D eigenvalue weighted by molar-refractivity contribution is 4.70. The first-order valence-electron chi connectivity index (χ1n) is 6.28. The van der Waals surface area contributed by atoms with E-state index in [2.05, 4.69) is 51.9 Å². The SMILES string of the molecule is CCC(C)CN(C)CCCNC(C)(C)C. The third kappa shape index (κ3) is 10.2. The van der Waals surface area contributed by atoms with E-state index >= 15 is 0 Å². The van der Waals surface area contributed by atoms with Gasteiger partial charge in [0.15, 0.2) is 0 Å². The van der Waals surface area contributed by atoms with E-state index in [1.807, 2.05) is 0 Å². The second-order valence-corrected chi connectivity index (χ2v) is 5.81. The third-order valence-corrected chi connectivity index (χ3v) is 2.69. The molecule has 1 unspecified atom stereocenters. The quantitative estimate of drug-likeness (QED) is 0.656. The highest BCUT2D eigenvalue weighted by atomic mass is 15.1. The third-order valence-electron chi connectivity index (χ3n) is 2.69. The van der Waals surface area contributed by atoms with Gasteiger partial charge in [0.05, 0.1) is 0 Å². The lowest BCUT2D eigenvalue weighted by molar-refractivity contribution is 0.273. The van der Waals surface area contributed by atoms with Crippen LogP contribution in [0.5, 0.6) is 0 Å². The van der Waals surface area contributed by atoms with Crippen molar-refractivity contribution in [2.24, 2.45) is 5.92 Å². The lowest BCUT2D eigenvalue weighted by atomic mass is 10.1. The van der Waals surface area contributed by atoms with Crippen LogP contribution in [0.4, 0.5) is 0 Å². The van der Waals surface area contributed by atoms with Gasteiger partial charge in [-0.25, -0.2) is 0 Å². The Hall–Kier alpha value is -0.0800. The van der Waals surface area contributed by atoms with Gasteiger partial charge in [0.25, 0.3) is 0 Å². The summed E-state index contributed by atoms with van der Waals surface area (Å²) >= 11 is 0. The highest BCUT2D eigenvalue weighted by Crippen LogP contribution is 2.03. The molecular weight excluding hydrogens is 184 g/mol.